The van der Waals surface area contributed by atoms with Crippen LogP contribution >= 0.6 is 0 Å². The van der Waals surface area contributed by atoms with E-state index >= 15 is 0 Å². The zero-order chi connectivity index (χ0) is 13.1. The molecule has 1 aromatic carbocycles. The van der Waals surface area contributed by atoms with Crippen LogP contribution in [-0.2, 0) is 6.54 Å². The molecule has 5 nitrogen and oxygen atoms in total. The Kier molecular flexibility index (Phi) is 3.20. The molecule has 0 saturated carbocycles. The lowest BCUT2D eigenvalue weighted by Gasteiger charge is -2.00. The number of aromatic nitrogens is 4. The highest BCUT2D eigenvalue weighted by Crippen LogP contribution is 2.19. The molecule has 0 aliphatic heterocycles. The zero-order valence-electron chi connectivity index (χ0n) is 10.7. The molecule has 0 bridgehead atoms. The molecule has 3 aromatic rings. The maximum absolute atomic E-state index is 4.40. The van der Waals surface area contributed by atoms with Crippen LogP contribution in [0.25, 0.3) is 22.4 Å². The molecule has 0 spiro atoms. The normalized spacial score (nSPS) is 11.0. The van der Waals surface area contributed by atoms with E-state index < -0.39 is 0 Å². The van der Waals surface area contributed by atoms with E-state index in [0.29, 0.717) is 0 Å². The highest BCUT2D eigenvalue weighted by atomic mass is 15.0. The monoisotopic (exact) mass is 253 g/mol. The average Bonchev–Trinajstić information content (AvgIpc) is 2.93. The summed E-state index contributed by atoms with van der Waals surface area (Å²) in [5, 5.41) is 3.27. The molecule has 0 aliphatic carbocycles. The van der Waals surface area contributed by atoms with E-state index in [1.54, 1.807) is 12.4 Å². The lowest BCUT2D eigenvalue weighted by molar-refractivity contribution is 0.714. The van der Waals surface area contributed by atoms with Gasteiger partial charge in [-0.2, -0.15) is 0 Å². The number of aromatic amines is 1. The molecule has 19 heavy (non-hydrogen) atoms. The summed E-state index contributed by atoms with van der Waals surface area (Å²) >= 11 is 0. The Balaban J connectivity index is 1.92. The fraction of sp³-hybridized carbons (Fsp3) is 0.214. The van der Waals surface area contributed by atoms with Crippen molar-refractivity contribution < 1.29 is 0 Å². The lowest BCUT2D eigenvalue weighted by atomic mass is 10.2. The largest absolute Gasteiger partial charge is 0.341 e. The highest BCUT2D eigenvalue weighted by molar-refractivity contribution is 5.79. The Morgan fingerprint density at radius 2 is 1.95 bits per heavy atom. The molecule has 5 heteroatoms. The molecule has 2 N–H and O–H groups in total. The fourth-order valence-electron chi connectivity index (χ4n) is 1.97. The maximum Gasteiger partial charge on any atom is 0.137 e. The number of nitrogens with one attached hydrogen (secondary N) is 2. The number of imidazole rings is 1. The van der Waals surface area contributed by atoms with Crippen molar-refractivity contribution in [3.8, 4) is 11.4 Å². The first-order valence-electron chi connectivity index (χ1n) is 6.32. The number of benzene rings is 1. The van der Waals surface area contributed by atoms with E-state index in [4.69, 9.17) is 0 Å². The van der Waals surface area contributed by atoms with Crippen LogP contribution in [0.1, 0.15) is 12.6 Å². The molecule has 0 atom stereocenters. The summed E-state index contributed by atoms with van der Waals surface area (Å²) in [4.78, 5) is 16.3. The molecule has 2 heterocycles. The van der Waals surface area contributed by atoms with E-state index in [2.05, 4.69) is 32.2 Å². The van der Waals surface area contributed by atoms with Crippen LogP contribution in [-0.4, -0.2) is 26.5 Å². The lowest BCUT2D eigenvalue weighted by Crippen LogP contribution is -2.11. The minimum Gasteiger partial charge on any atom is -0.341 e. The van der Waals surface area contributed by atoms with Crippen molar-refractivity contribution in [2.45, 2.75) is 13.5 Å². The van der Waals surface area contributed by atoms with Gasteiger partial charge in [-0.15, -0.1) is 0 Å². The maximum atomic E-state index is 4.40. The van der Waals surface area contributed by atoms with Crippen LogP contribution in [0.15, 0.2) is 36.8 Å². The smallest absolute Gasteiger partial charge is 0.137 e. The SMILES string of the molecule is CCNCc1cnc(-c2ccc3nccnc3c2)[nH]1. The Hall–Kier alpha value is -2.27. The van der Waals surface area contributed by atoms with Crippen molar-refractivity contribution in [1.82, 2.24) is 25.3 Å². The molecular formula is C14H15N5. The molecule has 2 aromatic heterocycles. The molecule has 3 rings (SSSR count). The highest BCUT2D eigenvalue weighted by Gasteiger charge is 2.05. The topological polar surface area (TPSA) is 66.5 Å². The van der Waals surface area contributed by atoms with Gasteiger partial charge in [-0.05, 0) is 24.7 Å². The summed E-state index contributed by atoms with van der Waals surface area (Å²) in [7, 11) is 0. The third-order valence-electron chi connectivity index (χ3n) is 2.94. The number of hydrogen-bond acceptors (Lipinski definition) is 4. The van der Waals surface area contributed by atoms with Gasteiger partial charge in [0.05, 0.1) is 11.0 Å². The van der Waals surface area contributed by atoms with E-state index in [1.165, 1.54) is 0 Å². The first-order valence-corrected chi connectivity index (χ1v) is 6.32. The summed E-state index contributed by atoms with van der Waals surface area (Å²) in [5.41, 5.74) is 3.88. The second-order valence-corrected chi connectivity index (χ2v) is 4.30. The van der Waals surface area contributed by atoms with Gasteiger partial charge in [0.1, 0.15) is 5.82 Å². The summed E-state index contributed by atoms with van der Waals surface area (Å²) in [6, 6.07) is 5.97. The number of fused-ring (bicyclic) bond motifs is 1. The van der Waals surface area contributed by atoms with Gasteiger partial charge in [0.15, 0.2) is 0 Å². The van der Waals surface area contributed by atoms with Gasteiger partial charge in [0.2, 0.25) is 0 Å². The van der Waals surface area contributed by atoms with Gasteiger partial charge in [-0.3, -0.25) is 9.97 Å². The number of nitrogens with zero attached hydrogens (tertiary/aromatic N) is 3. The number of rotatable bonds is 4. The molecule has 96 valence electrons. The van der Waals surface area contributed by atoms with Gasteiger partial charge >= 0.3 is 0 Å². The third kappa shape index (κ3) is 2.46. The van der Waals surface area contributed by atoms with Gasteiger partial charge in [0.25, 0.3) is 0 Å². The summed E-state index contributed by atoms with van der Waals surface area (Å²) in [6.45, 7) is 3.83. The third-order valence-corrected chi connectivity index (χ3v) is 2.94. The van der Waals surface area contributed by atoms with Crippen LogP contribution in [0, 0.1) is 0 Å². The predicted octanol–water partition coefficient (Wildman–Crippen LogP) is 2.13. The van der Waals surface area contributed by atoms with Crippen molar-refractivity contribution in [1.29, 1.82) is 0 Å². The van der Waals surface area contributed by atoms with Crippen molar-refractivity contribution in [2.24, 2.45) is 0 Å². The second kappa shape index (κ2) is 5.16. The van der Waals surface area contributed by atoms with E-state index in [-0.39, 0.29) is 0 Å². The van der Waals surface area contributed by atoms with Crippen LogP contribution < -0.4 is 5.32 Å². The number of H-pyrrole nitrogens is 1. The van der Waals surface area contributed by atoms with Crippen LogP contribution in [0.3, 0.4) is 0 Å². The van der Waals surface area contributed by atoms with E-state index in [1.807, 2.05) is 24.4 Å². The van der Waals surface area contributed by atoms with Gasteiger partial charge in [-0.1, -0.05) is 6.92 Å². The first kappa shape index (κ1) is 11.8. The van der Waals surface area contributed by atoms with Crippen molar-refractivity contribution in [3.05, 3.63) is 42.5 Å². The van der Waals surface area contributed by atoms with Crippen molar-refractivity contribution in [3.63, 3.8) is 0 Å². The Labute approximate surface area is 111 Å². The molecule has 0 unspecified atom stereocenters. The van der Waals surface area contributed by atoms with Crippen LogP contribution in [0.5, 0.6) is 0 Å². The minimum absolute atomic E-state index is 0.802. The Morgan fingerprint density at radius 3 is 2.79 bits per heavy atom. The minimum atomic E-state index is 0.802. The molecular weight excluding hydrogens is 238 g/mol. The van der Waals surface area contributed by atoms with Gasteiger partial charge in [0, 0.05) is 36.4 Å². The average molecular weight is 253 g/mol. The summed E-state index contributed by atoms with van der Waals surface area (Å²) < 4.78 is 0. The van der Waals surface area contributed by atoms with Gasteiger partial charge in [-0.25, -0.2) is 4.98 Å². The Morgan fingerprint density at radius 1 is 1.11 bits per heavy atom. The Bertz CT molecular complexity index is 689. The fourth-order valence-corrected chi connectivity index (χ4v) is 1.97. The first-order chi connectivity index (χ1) is 9.36. The molecule has 0 saturated heterocycles. The second-order valence-electron chi connectivity index (χ2n) is 4.30. The van der Waals surface area contributed by atoms with Crippen LogP contribution in [0.2, 0.25) is 0 Å². The quantitative estimate of drug-likeness (QED) is 0.747. The predicted molar refractivity (Wildman–Crippen MR) is 74.5 cm³/mol. The number of hydrogen-bond donors (Lipinski definition) is 2. The van der Waals surface area contributed by atoms with E-state index in [9.17, 15) is 0 Å². The summed E-state index contributed by atoms with van der Waals surface area (Å²) in [6.07, 6.45) is 5.26. The molecule has 0 amide bonds. The standard InChI is InChI=1S/C14H15N5/c1-2-15-8-11-9-18-14(19-11)10-3-4-12-13(7-10)17-6-5-16-12/h3-7,9,15H,2,8H2,1H3,(H,18,19). The van der Waals surface area contributed by atoms with Gasteiger partial charge < -0.3 is 10.3 Å². The van der Waals surface area contributed by atoms with E-state index in [0.717, 1.165) is 41.2 Å². The molecule has 0 radical (unpaired) electrons. The zero-order valence-corrected chi connectivity index (χ0v) is 10.7. The molecule has 0 fully saturated rings. The van der Waals surface area contributed by atoms with Crippen LogP contribution in [0.4, 0.5) is 0 Å². The molecule has 0 aliphatic rings. The van der Waals surface area contributed by atoms with Crippen molar-refractivity contribution >= 4 is 11.0 Å². The van der Waals surface area contributed by atoms with Crippen molar-refractivity contribution in [2.75, 3.05) is 6.54 Å². The summed E-state index contributed by atoms with van der Waals surface area (Å²) in [5.74, 6) is 0.862.